The average molecular weight is 211 g/mol. The number of furan rings is 1. The van der Waals surface area contributed by atoms with Crippen LogP contribution >= 0.6 is 0 Å². The van der Waals surface area contributed by atoms with Gasteiger partial charge in [-0.3, -0.25) is 0 Å². The second kappa shape index (κ2) is 5.93. The van der Waals surface area contributed by atoms with E-state index in [4.69, 9.17) is 4.42 Å². The molecule has 2 atom stereocenters. The van der Waals surface area contributed by atoms with E-state index in [1.807, 2.05) is 0 Å². The molecule has 0 aliphatic rings. The lowest BCUT2D eigenvalue weighted by atomic mass is 10.1. The van der Waals surface area contributed by atoms with Crippen LogP contribution in [0.2, 0.25) is 0 Å². The molecular formula is C12H21NO2. The number of hydrogen-bond donors (Lipinski definition) is 2. The van der Waals surface area contributed by atoms with Gasteiger partial charge in [0, 0.05) is 6.04 Å². The van der Waals surface area contributed by atoms with Crippen LogP contribution in [0, 0.1) is 5.92 Å². The SMILES string of the molecule is CC(C)CNC(C)CC(O)c1ccco1. The fourth-order valence-electron chi connectivity index (χ4n) is 1.45. The van der Waals surface area contributed by atoms with Crippen molar-refractivity contribution in [1.82, 2.24) is 5.32 Å². The van der Waals surface area contributed by atoms with E-state index in [-0.39, 0.29) is 0 Å². The molecule has 15 heavy (non-hydrogen) atoms. The summed E-state index contributed by atoms with van der Waals surface area (Å²) in [6.07, 6.45) is 1.76. The molecule has 0 fully saturated rings. The number of hydrogen-bond acceptors (Lipinski definition) is 3. The number of rotatable bonds is 6. The van der Waals surface area contributed by atoms with Gasteiger partial charge in [-0.05, 0) is 37.9 Å². The van der Waals surface area contributed by atoms with Crippen LogP contribution in [0.5, 0.6) is 0 Å². The maximum absolute atomic E-state index is 9.81. The minimum atomic E-state index is -0.505. The Morgan fingerprint density at radius 3 is 2.67 bits per heavy atom. The van der Waals surface area contributed by atoms with Gasteiger partial charge in [-0.25, -0.2) is 0 Å². The maximum Gasteiger partial charge on any atom is 0.132 e. The van der Waals surface area contributed by atoms with Gasteiger partial charge in [0.15, 0.2) is 0 Å². The number of aliphatic hydroxyl groups excluding tert-OH is 1. The van der Waals surface area contributed by atoms with Gasteiger partial charge in [0.1, 0.15) is 11.9 Å². The summed E-state index contributed by atoms with van der Waals surface area (Å²) < 4.78 is 5.14. The van der Waals surface area contributed by atoms with Crippen molar-refractivity contribution >= 4 is 0 Å². The normalized spacial score (nSPS) is 15.5. The quantitative estimate of drug-likeness (QED) is 0.759. The summed E-state index contributed by atoms with van der Waals surface area (Å²) in [6, 6.07) is 3.90. The monoisotopic (exact) mass is 211 g/mol. The van der Waals surface area contributed by atoms with Crippen LogP contribution in [0.15, 0.2) is 22.8 Å². The van der Waals surface area contributed by atoms with E-state index < -0.39 is 6.10 Å². The second-order valence-electron chi connectivity index (χ2n) is 4.47. The van der Waals surface area contributed by atoms with Gasteiger partial charge < -0.3 is 14.8 Å². The number of aliphatic hydroxyl groups is 1. The van der Waals surface area contributed by atoms with E-state index in [2.05, 4.69) is 26.1 Å². The summed E-state index contributed by atoms with van der Waals surface area (Å²) >= 11 is 0. The van der Waals surface area contributed by atoms with Gasteiger partial charge in [0.05, 0.1) is 6.26 Å². The topological polar surface area (TPSA) is 45.4 Å². The predicted octanol–water partition coefficient (Wildman–Crippen LogP) is 2.34. The molecule has 2 unspecified atom stereocenters. The molecule has 1 heterocycles. The highest BCUT2D eigenvalue weighted by atomic mass is 16.4. The third kappa shape index (κ3) is 4.49. The lowest BCUT2D eigenvalue weighted by Gasteiger charge is -2.17. The van der Waals surface area contributed by atoms with E-state index in [0.717, 1.165) is 6.54 Å². The minimum absolute atomic E-state index is 0.299. The average Bonchev–Trinajstić information content (AvgIpc) is 2.67. The van der Waals surface area contributed by atoms with Gasteiger partial charge in [-0.15, -0.1) is 0 Å². The molecule has 0 saturated carbocycles. The fraction of sp³-hybridized carbons (Fsp3) is 0.667. The Balaban J connectivity index is 2.28. The predicted molar refractivity (Wildman–Crippen MR) is 60.6 cm³/mol. The third-order valence-corrected chi connectivity index (χ3v) is 2.32. The molecule has 0 aliphatic carbocycles. The van der Waals surface area contributed by atoms with E-state index in [1.54, 1.807) is 18.4 Å². The van der Waals surface area contributed by atoms with E-state index in [0.29, 0.717) is 24.1 Å². The Morgan fingerprint density at radius 1 is 1.40 bits per heavy atom. The largest absolute Gasteiger partial charge is 0.467 e. The summed E-state index contributed by atoms with van der Waals surface area (Å²) in [5.41, 5.74) is 0. The first-order chi connectivity index (χ1) is 7.09. The summed E-state index contributed by atoms with van der Waals surface area (Å²) in [4.78, 5) is 0. The summed E-state index contributed by atoms with van der Waals surface area (Å²) in [7, 11) is 0. The van der Waals surface area contributed by atoms with Crippen molar-refractivity contribution in [3.05, 3.63) is 24.2 Å². The second-order valence-corrected chi connectivity index (χ2v) is 4.47. The molecule has 1 rings (SSSR count). The van der Waals surface area contributed by atoms with Crippen LogP contribution in [0.1, 0.15) is 39.1 Å². The third-order valence-electron chi connectivity index (χ3n) is 2.32. The van der Waals surface area contributed by atoms with Crippen molar-refractivity contribution in [2.45, 2.75) is 39.3 Å². The first-order valence-electron chi connectivity index (χ1n) is 5.54. The van der Waals surface area contributed by atoms with Crippen LogP contribution in [0.4, 0.5) is 0 Å². The molecule has 0 saturated heterocycles. The van der Waals surface area contributed by atoms with Crippen LogP contribution < -0.4 is 5.32 Å². The van der Waals surface area contributed by atoms with Crippen LogP contribution in [0.3, 0.4) is 0 Å². The Morgan fingerprint density at radius 2 is 2.13 bits per heavy atom. The fourth-order valence-corrected chi connectivity index (χ4v) is 1.45. The molecule has 86 valence electrons. The molecule has 2 N–H and O–H groups in total. The van der Waals surface area contributed by atoms with Crippen molar-refractivity contribution in [2.75, 3.05) is 6.54 Å². The van der Waals surface area contributed by atoms with Gasteiger partial charge in [-0.2, -0.15) is 0 Å². The Kier molecular flexibility index (Phi) is 4.85. The standard InChI is InChI=1S/C12H21NO2/c1-9(2)8-13-10(3)7-11(14)12-5-4-6-15-12/h4-6,9-11,13-14H,7-8H2,1-3H3. The Labute approximate surface area is 91.5 Å². The van der Waals surface area contributed by atoms with E-state index >= 15 is 0 Å². The summed E-state index contributed by atoms with van der Waals surface area (Å²) in [6.45, 7) is 7.39. The van der Waals surface area contributed by atoms with Gasteiger partial charge in [0.25, 0.3) is 0 Å². The Hall–Kier alpha value is -0.800. The van der Waals surface area contributed by atoms with Crippen molar-refractivity contribution in [3.63, 3.8) is 0 Å². The number of nitrogens with one attached hydrogen (secondary N) is 1. The van der Waals surface area contributed by atoms with E-state index in [9.17, 15) is 5.11 Å². The summed E-state index contributed by atoms with van der Waals surface area (Å²) in [5.74, 6) is 1.28. The molecule has 3 heteroatoms. The van der Waals surface area contributed by atoms with E-state index in [1.165, 1.54) is 0 Å². The van der Waals surface area contributed by atoms with Gasteiger partial charge in [-0.1, -0.05) is 13.8 Å². The zero-order chi connectivity index (χ0) is 11.3. The minimum Gasteiger partial charge on any atom is -0.467 e. The van der Waals surface area contributed by atoms with Crippen molar-refractivity contribution in [2.24, 2.45) is 5.92 Å². The first-order valence-corrected chi connectivity index (χ1v) is 5.54. The smallest absolute Gasteiger partial charge is 0.132 e. The zero-order valence-electron chi connectivity index (χ0n) is 9.73. The molecule has 3 nitrogen and oxygen atoms in total. The van der Waals surface area contributed by atoms with Gasteiger partial charge in [0.2, 0.25) is 0 Å². The molecule has 1 aromatic rings. The molecule has 1 aromatic heterocycles. The van der Waals surface area contributed by atoms with Crippen LogP contribution in [-0.4, -0.2) is 17.7 Å². The molecule has 0 radical (unpaired) electrons. The highest BCUT2D eigenvalue weighted by Gasteiger charge is 2.14. The van der Waals surface area contributed by atoms with Crippen molar-refractivity contribution in [1.29, 1.82) is 0 Å². The molecule has 0 bridgehead atoms. The molecule has 0 spiro atoms. The van der Waals surface area contributed by atoms with Crippen molar-refractivity contribution in [3.8, 4) is 0 Å². The first kappa shape index (κ1) is 12.3. The lowest BCUT2D eigenvalue weighted by molar-refractivity contribution is 0.128. The highest BCUT2D eigenvalue weighted by Crippen LogP contribution is 2.18. The molecule has 0 aliphatic heterocycles. The van der Waals surface area contributed by atoms with Crippen LogP contribution in [0.25, 0.3) is 0 Å². The van der Waals surface area contributed by atoms with Gasteiger partial charge >= 0.3 is 0 Å². The van der Waals surface area contributed by atoms with Crippen LogP contribution in [-0.2, 0) is 0 Å². The molecule has 0 aromatic carbocycles. The molecule has 0 amide bonds. The molecular weight excluding hydrogens is 190 g/mol. The maximum atomic E-state index is 9.81. The zero-order valence-corrected chi connectivity index (χ0v) is 9.73. The lowest BCUT2D eigenvalue weighted by Crippen LogP contribution is -2.30. The highest BCUT2D eigenvalue weighted by molar-refractivity contribution is 5.02. The van der Waals surface area contributed by atoms with Crippen molar-refractivity contribution < 1.29 is 9.52 Å². The Bertz CT molecular complexity index is 257. The summed E-state index contributed by atoms with van der Waals surface area (Å²) in [5, 5.41) is 13.2.